The maximum atomic E-state index is 12.7. The lowest BCUT2D eigenvalue weighted by atomic mass is 9.94. The van der Waals surface area contributed by atoms with Crippen LogP contribution < -0.4 is 11.1 Å². The number of hydrogen-bond donors (Lipinski definition) is 2. The van der Waals surface area contributed by atoms with Crippen LogP contribution >= 0.6 is 15.9 Å². The third-order valence-corrected chi connectivity index (χ3v) is 5.39. The van der Waals surface area contributed by atoms with Crippen molar-refractivity contribution in [3.8, 4) is 0 Å². The van der Waals surface area contributed by atoms with Gasteiger partial charge >= 0.3 is 0 Å². The Morgan fingerprint density at radius 1 is 1.30 bits per heavy atom. The molecule has 0 radical (unpaired) electrons. The predicted octanol–water partition coefficient (Wildman–Crippen LogP) is 2.72. The summed E-state index contributed by atoms with van der Waals surface area (Å²) in [6, 6.07) is 8.43. The predicted molar refractivity (Wildman–Crippen MR) is 83.4 cm³/mol. The van der Waals surface area contributed by atoms with Gasteiger partial charge < -0.3 is 11.1 Å². The number of nitrogens with one attached hydrogen (secondary N) is 1. The zero-order valence-electron chi connectivity index (χ0n) is 11.6. The summed E-state index contributed by atoms with van der Waals surface area (Å²) in [6.45, 7) is 0.677. The van der Waals surface area contributed by atoms with E-state index in [9.17, 15) is 4.79 Å². The number of benzene rings is 1. The topological polar surface area (TPSA) is 55.1 Å². The molecule has 0 aromatic heterocycles. The summed E-state index contributed by atoms with van der Waals surface area (Å²) in [5.74, 6) is 0.657. The number of carbonyl (C=O) groups is 1. The van der Waals surface area contributed by atoms with Crippen molar-refractivity contribution in [2.45, 2.75) is 43.6 Å². The SMILES string of the molecule is NCC1CCCC1NC(=O)C1(c2ccc(Br)cc2)CC1. The third kappa shape index (κ3) is 2.51. The molecule has 0 spiro atoms. The second-order valence-corrected chi connectivity index (χ2v) is 7.01. The Bertz CT molecular complexity index is 496. The van der Waals surface area contributed by atoms with Gasteiger partial charge in [-0.15, -0.1) is 0 Å². The van der Waals surface area contributed by atoms with E-state index < -0.39 is 0 Å². The molecule has 2 aliphatic carbocycles. The van der Waals surface area contributed by atoms with E-state index in [0.29, 0.717) is 12.5 Å². The Kier molecular flexibility index (Phi) is 3.87. The Morgan fingerprint density at radius 2 is 2.00 bits per heavy atom. The van der Waals surface area contributed by atoms with Gasteiger partial charge in [0.15, 0.2) is 0 Å². The molecule has 2 aliphatic rings. The normalized spacial score (nSPS) is 27.3. The van der Waals surface area contributed by atoms with Crippen LogP contribution in [-0.4, -0.2) is 18.5 Å². The first-order valence-corrected chi connectivity index (χ1v) is 8.22. The molecule has 2 atom stereocenters. The molecular formula is C16H21BrN2O. The average Bonchev–Trinajstić information content (AvgIpc) is 3.15. The summed E-state index contributed by atoms with van der Waals surface area (Å²) in [7, 11) is 0. The van der Waals surface area contributed by atoms with Gasteiger partial charge in [0, 0.05) is 10.5 Å². The van der Waals surface area contributed by atoms with Gasteiger partial charge in [-0.2, -0.15) is 0 Å². The number of rotatable bonds is 4. The van der Waals surface area contributed by atoms with Crippen molar-refractivity contribution < 1.29 is 4.79 Å². The summed E-state index contributed by atoms with van der Waals surface area (Å²) >= 11 is 3.44. The lowest BCUT2D eigenvalue weighted by molar-refractivity contribution is -0.124. The summed E-state index contributed by atoms with van der Waals surface area (Å²) in [5.41, 5.74) is 6.66. The minimum atomic E-state index is -0.275. The first-order chi connectivity index (χ1) is 9.65. The lowest BCUT2D eigenvalue weighted by Gasteiger charge is -2.23. The molecule has 1 amide bonds. The minimum absolute atomic E-state index is 0.199. The monoisotopic (exact) mass is 336 g/mol. The fourth-order valence-corrected chi connectivity index (χ4v) is 3.62. The highest BCUT2D eigenvalue weighted by Gasteiger charge is 2.51. The van der Waals surface area contributed by atoms with E-state index >= 15 is 0 Å². The first-order valence-electron chi connectivity index (χ1n) is 7.43. The van der Waals surface area contributed by atoms with Crippen LogP contribution in [0.4, 0.5) is 0 Å². The second kappa shape index (κ2) is 5.49. The molecule has 1 aromatic rings. The molecule has 4 heteroatoms. The number of carbonyl (C=O) groups excluding carboxylic acids is 1. The molecule has 3 N–H and O–H groups in total. The van der Waals surface area contributed by atoms with Crippen molar-refractivity contribution in [3.05, 3.63) is 34.3 Å². The van der Waals surface area contributed by atoms with Gasteiger partial charge in [0.25, 0.3) is 0 Å². The maximum Gasteiger partial charge on any atom is 0.230 e. The van der Waals surface area contributed by atoms with Gasteiger partial charge in [-0.25, -0.2) is 0 Å². The zero-order valence-corrected chi connectivity index (χ0v) is 13.2. The molecule has 0 aliphatic heterocycles. The Morgan fingerprint density at radius 3 is 2.60 bits per heavy atom. The molecule has 0 bridgehead atoms. The van der Waals surface area contributed by atoms with Crippen molar-refractivity contribution in [1.29, 1.82) is 0 Å². The molecule has 108 valence electrons. The van der Waals surface area contributed by atoms with Crippen LogP contribution in [0, 0.1) is 5.92 Å². The average molecular weight is 337 g/mol. The Labute approximate surface area is 128 Å². The van der Waals surface area contributed by atoms with Crippen molar-refractivity contribution in [2.75, 3.05) is 6.54 Å². The van der Waals surface area contributed by atoms with Gasteiger partial charge in [0.05, 0.1) is 5.41 Å². The van der Waals surface area contributed by atoms with E-state index in [1.807, 2.05) is 12.1 Å². The van der Waals surface area contributed by atoms with Crippen molar-refractivity contribution in [2.24, 2.45) is 11.7 Å². The number of halogens is 1. The van der Waals surface area contributed by atoms with Gasteiger partial charge in [-0.1, -0.05) is 34.5 Å². The fourth-order valence-electron chi connectivity index (χ4n) is 3.36. The van der Waals surface area contributed by atoms with Crippen LogP contribution in [0.1, 0.15) is 37.7 Å². The van der Waals surface area contributed by atoms with Crippen molar-refractivity contribution in [1.82, 2.24) is 5.32 Å². The van der Waals surface area contributed by atoms with E-state index in [0.717, 1.165) is 35.7 Å². The highest BCUT2D eigenvalue weighted by Crippen LogP contribution is 2.49. The first kappa shape index (κ1) is 14.1. The van der Waals surface area contributed by atoms with Crippen molar-refractivity contribution >= 4 is 21.8 Å². The maximum absolute atomic E-state index is 12.7. The summed E-state index contributed by atoms with van der Waals surface area (Å²) in [4.78, 5) is 12.7. The molecular weight excluding hydrogens is 316 g/mol. The Balaban J connectivity index is 1.72. The standard InChI is InChI=1S/C16H21BrN2O/c17-13-6-4-12(5-7-13)16(8-9-16)15(20)19-14-3-1-2-11(14)10-18/h4-7,11,14H,1-3,8-10,18H2,(H,19,20). The van der Waals surface area contributed by atoms with Crippen LogP contribution in [-0.2, 0) is 10.2 Å². The summed E-state index contributed by atoms with van der Waals surface area (Å²) in [5, 5.41) is 3.27. The van der Waals surface area contributed by atoms with Crippen molar-refractivity contribution in [3.63, 3.8) is 0 Å². The fraction of sp³-hybridized carbons (Fsp3) is 0.562. The third-order valence-electron chi connectivity index (χ3n) is 4.86. The lowest BCUT2D eigenvalue weighted by Crippen LogP contribution is -2.44. The summed E-state index contributed by atoms with van der Waals surface area (Å²) in [6.07, 6.45) is 5.32. The van der Waals surface area contributed by atoms with E-state index in [4.69, 9.17) is 5.73 Å². The molecule has 20 heavy (non-hydrogen) atoms. The molecule has 2 fully saturated rings. The van der Waals surface area contributed by atoms with E-state index in [2.05, 4.69) is 33.4 Å². The van der Waals surface area contributed by atoms with E-state index in [1.54, 1.807) is 0 Å². The molecule has 0 heterocycles. The molecule has 3 nitrogen and oxygen atoms in total. The smallest absolute Gasteiger partial charge is 0.230 e. The number of hydrogen-bond acceptors (Lipinski definition) is 2. The zero-order chi connectivity index (χ0) is 14.2. The highest BCUT2D eigenvalue weighted by molar-refractivity contribution is 9.10. The van der Waals surface area contributed by atoms with Gasteiger partial charge in [-0.3, -0.25) is 4.79 Å². The van der Waals surface area contributed by atoms with Crippen LogP contribution in [0.2, 0.25) is 0 Å². The molecule has 1 aromatic carbocycles. The second-order valence-electron chi connectivity index (χ2n) is 6.10. The minimum Gasteiger partial charge on any atom is -0.352 e. The van der Waals surface area contributed by atoms with Crippen LogP contribution in [0.5, 0.6) is 0 Å². The summed E-state index contributed by atoms with van der Waals surface area (Å²) < 4.78 is 1.05. The largest absolute Gasteiger partial charge is 0.352 e. The Hall–Kier alpha value is -0.870. The van der Waals surface area contributed by atoms with Gasteiger partial charge in [0.2, 0.25) is 5.91 Å². The quantitative estimate of drug-likeness (QED) is 0.888. The van der Waals surface area contributed by atoms with Gasteiger partial charge in [-0.05, 0) is 55.8 Å². The van der Waals surface area contributed by atoms with Crippen LogP contribution in [0.25, 0.3) is 0 Å². The molecule has 2 saturated carbocycles. The van der Waals surface area contributed by atoms with Gasteiger partial charge in [0.1, 0.15) is 0 Å². The van der Waals surface area contributed by atoms with E-state index in [1.165, 1.54) is 6.42 Å². The molecule has 3 rings (SSSR count). The molecule has 2 unspecified atom stereocenters. The number of nitrogens with two attached hydrogens (primary N) is 1. The van der Waals surface area contributed by atoms with Crippen LogP contribution in [0.15, 0.2) is 28.7 Å². The highest BCUT2D eigenvalue weighted by atomic mass is 79.9. The molecule has 0 saturated heterocycles. The number of amides is 1. The van der Waals surface area contributed by atoms with Crippen LogP contribution in [0.3, 0.4) is 0 Å². The van der Waals surface area contributed by atoms with E-state index in [-0.39, 0.29) is 17.4 Å².